The van der Waals surface area contributed by atoms with E-state index in [0.29, 0.717) is 48.7 Å². The number of nitrogens with zero attached hydrogens (tertiary/aromatic N) is 12. The molecule has 0 aliphatic carbocycles. The zero-order valence-corrected chi connectivity index (χ0v) is 60.5. The van der Waals surface area contributed by atoms with Crippen LogP contribution < -0.4 is 21.2 Å². The van der Waals surface area contributed by atoms with Crippen molar-refractivity contribution in [2.24, 2.45) is 0 Å². The van der Waals surface area contributed by atoms with Gasteiger partial charge in [-0.25, -0.2) is 66.2 Å². The topological polar surface area (TPSA) is 164 Å². The molecule has 4 fully saturated rings. The highest BCUT2D eigenvalue weighted by Crippen LogP contribution is 2.37. The zero-order chi connectivity index (χ0) is 90.0. The Balaban J connectivity index is 0.000000142. The number of anilines is 4. The third-order valence-corrected chi connectivity index (χ3v) is 20.7. The number of thiophene rings is 4. The van der Waals surface area contributed by atoms with Crippen LogP contribution in [0, 0.1) is 34.9 Å². The molecule has 538 valence electrons. The Labute approximate surface area is 661 Å². The maximum absolute atomic E-state index is 14.0. The van der Waals surface area contributed by atoms with Gasteiger partial charge in [0.25, 0.3) is 0 Å². The quantitative estimate of drug-likeness (QED) is 0.0675. The van der Waals surface area contributed by atoms with Gasteiger partial charge in [-0.2, -0.15) is 0 Å². The Bertz CT molecular complexity index is 5950. The molecule has 4 aromatic carbocycles. The molecule has 4 aliphatic rings. The molecule has 12 aromatic rings. The highest BCUT2D eigenvalue weighted by molar-refractivity contribution is 7.23. The van der Waals surface area contributed by atoms with Crippen molar-refractivity contribution in [3.63, 3.8) is 0 Å². The van der Waals surface area contributed by atoms with E-state index in [9.17, 15) is 26.3 Å². The van der Waals surface area contributed by atoms with Gasteiger partial charge in [0.2, 0.25) is 0 Å². The van der Waals surface area contributed by atoms with Crippen LogP contribution in [0.4, 0.5) is 49.6 Å². The lowest BCUT2D eigenvalue weighted by molar-refractivity contribution is 0.211. The molecule has 4 N–H and O–H groups in total. The summed E-state index contributed by atoms with van der Waals surface area (Å²) in [6, 6.07) is 4.17. The summed E-state index contributed by atoms with van der Waals surface area (Å²) in [7, 11) is 0. The van der Waals surface area contributed by atoms with Gasteiger partial charge in [-0.05, 0) is 146 Å². The second-order valence-corrected chi connectivity index (χ2v) is 30.0. The highest BCUT2D eigenvalue weighted by atomic mass is 35.5. The molecule has 4 unspecified atom stereocenters. The second-order valence-electron chi connectivity index (χ2n) is 23.1. The number of benzene rings is 4. The van der Waals surface area contributed by atoms with Gasteiger partial charge in [0.1, 0.15) is 105 Å². The van der Waals surface area contributed by atoms with Crippen LogP contribution in [0.3, 0.4) is 0 Å². The van der Waals surface area contributed by atoms with E-state index in [1.807, 2.05) is 4.90 Å². The molecule has 16 nitrogen and oxygen atoms in total. The normalized spacial score (nSPS) is 21.6. The van der Waals surface area contributed by atoms with Gasteiger partial charge in [-0.15, -0.1) is 45.3 Å². The van der Waals surface area contributed by atoms with E-state index in [0.717, 1.165) is 109 Å². The third kappa shape index (κ3) is 20.6. The van der Waals surface area contributed by atoms with Gasteiger partial charge in [0.05, 0.1) is 59.0 Å². The highest BCUT2D eigenvalue weighted by Gasteiger charge is 2.26. The van der Waals surface area contributed by atoms with Crippen LogP contribution in [0.15, 0.2) is 128 Å². The fourth-order valence-electron chi connectivity index (χ4n) is 11.1. The lowest BCUT2D eigenvalue weighted by Gasteiger charge is -2.32. The zero-order valence-electron chi connectivity index (χ0n) is 74.5. The number of hydrogen-bond acceptors (Lipinski definition) is 20. The second kappa shape index (κ2) is 35.0. The first-order chi connectivity index (χ1) is 58.4. The molecule has 12 heterocycles. The van der Waals surface area contributed by atoms with Crippen molar-refractivity contribution < 1.29 is 55.3 Å². The molecule has 0 saturated carbocycles. The van der Waals surface area contributed by atoms with Crippen molar-refractivity contribution in [1.82, 2.24) is 59.5 Å². The third-order valence-electron chi connectivity index (χ3n) is 16.0. The summed E-state index contributed by atoms with van der Waals surface area (Å²) in [6.45, 7) is -1.80. The molecule has 0 spiro atoms. The Kier molecular flexibility index (Phi) is 17.7. The summed E-state index contributed by atoms with van der Waals surface area (Å²) in [6.07, 6.45) is 3.35. The smallest absolute Gasteiger partial charge is 0.162 e. The van der Waals surface area contributed by atoms with Crippen LogP contribution in [-0.4, -0.2) is 136 Å². The number of piperidine rings is 4. The summed E-state index contributed by atoms with van der Waals surface area (Å²) < 4.78 is 257. The van der Waals surface area contributed by atoms with Gasteiger partial charge < -0.3 is 21.2 Å². The van der Waals surface area contributed by atoms with Crippen LogP contribution in [0.1, 0.15) is 96.9 Å². The predicted molar refractivity (Wildman–Crippen MR) is 408 cm³/mol. The molecule has 16 rings (SSSR count). The molecule has 0 amide bonds. The van der Waals surface area contributed by atoms with Crippen molar-refractivity contribution in [1.29, 1.82) is 0 Å². The SMILES string of the molecule is [2H]c1c(Cl)sc2ncnc(N([2H])C3([2H])CCN(C([2H])c4cc(F)cc(F)c4)CC3)c12.[2H]c1cc([2H])c(C([2H])N2CCC([2H])(N([2H])c3ncnc4sc(Cl)c([2H])c34)CC2)c([2H])c1F.[2H]c1nc(N([2H])C2([2H])CCN(C([2H])c3cc(F)cc(F)c3)CC2)c2c([2H])c(Cl)sc2n1.[2H]c1nc(N([2H])C2([2H])CCN(C([2H])c3ccc(F)c(Cl)c3)CC2)c2c([2H])c(Cl)sc2n1. The number of fused-ring (bicyclic) bond motifs is 4. The molecular weight excluding hydrogens is 1510 g/mol. The van der Waals surface area contributed by atoms with Crippen LogP contribution in [0.5, 0.6) is 0 Å². The summed E-state index contributed by atoms with van der Waals surface area (Å²) in [5.41, 5.74) is 0.815. The summed E-state index contributed by atoms with van der Waals surface area (Å²) in [5, 5.41) is 4.84. The van der Waals surface area contributed by atoms with E-state index >= 15 is 0 Å². The first kappa shape index (κ1) is 52.2. The minimum atomic E-state index is -1.43. The van der Waals surface area contributed by atoms with Crippen molar-refractivity contribution in [3.05, 3.63) is 208 Å². The Morgan fingerprint density at radius 3 is 1.09 bits per heavy atom. The lowest BCUT2D eigenvalue weighted by Crippen LogP contribution is -2.38. The van der Waals surface area contributed by atoms with E-state index in [-0.39, 0.29) is 207 Å². The summed E-state index contributed by atoms with van der Waals surface area (Å²) in [5.74, 6) is -4.34. The minimum absolute atomic E-state index is 0.0117. The molecule has 4 atom stereocenters. The van der Waals surface area contributed by atoms with E-state index in [2.05, 4.69) is 39.9 Å². The Hall–Kier alpha value is -6.89. The number of likely N-dealkylation sites (tertiary alicyclic amines) is 4. The maximum atomic E-state index is 14.0. The summed E-state index contributed by atoms with van der Waals surface area (Å²) in [4.78, 5) is 40.8. The van der Waals surface area contributed by atoms with Gasteiger partial charge >= 0.3 is 0 Å². The van der Waals surface area contributed by atoms with Crippen LogP contribution >= 0.6 is 103 Å². The Morgan fingerprint density at radius 2 is 0.728 bits per heavy atom. The van der Waals surface area contributed by atoms with Crippen molar-refractivity contribution >= 4 is 167 Å². The lowest BCUT2D eigenvalue weighted by atomic mass is 10.0. The fourth-order valence-corrected chi connectivity index (χ4v) is 15.2. The number of halogens is 11. The molecular formula is C72H69Cl5F6N16S4. The standard InChI is InChI=1S/C18H17Cl2FN4S.2C18H17ClF2N4S.C18H18ClFN4S/c19-14-7-11(1-2-15(14)21)9-25-5-3-12(4-6-25)24-17-13-8-16(20)26-18(13)23-10-22-17;2*19-16-8-15-17(22-10-23-18(15)26-16)24-14-1-3-25(4-2-14)9-11-5-12(20)7-13(21)6-11;19-16-9-15-17(21-11-22-18(15)25-16)23-14-4-6-24(7-5-14)10-12-2-1-3-13(20)8-12/h1-2,7-8,10,12H,3-6,9H2,(H,22,23,24);2*5-8,10,14H,1-4,9H2,(H,22,23,24);1-3,8-9,11,14H,4-7,10H2,(H,21,22,23)/i8D,9D,10D,12D;8D,9D,10D,14D;8D,9D,14D;2D,3D,8D,9D,10D,14D/hD4. The molecule has 4 saturated heterocycles. The summed E-state index contributed by atoms with van der Waals surface area (Å²) >= 11 is 34.3. The molecule has 103 heavy (non-hydrogen) atoms. The largest absolute Gasteiger partial charge is 0.367 e. The van der Waals surface area contributed by atoms with Gasteiger partial charge in [-0.1, -0.05) is 76.2 Å². The van der Waals surface area contributed by atoms with Crippen LogP contribution in [0.25, 0.3) is 40.9 Å². The fraction of sp³-hybridized carbons (Fsp3) is 0.333. The first-order valence-electron chi connectivity index (χ1n) is 42.1. The molecule has 8 aromatic heterocycles. The van der Waals surface area contributed by atoms with Gasteiger partial charge in [0, 0.05) is 120 Å². The average Bonchev–Trinajstić information content (AvgIpc) is 1.56. The van der Waals surface area contributed by atoms with Crippen LogP contribution in [-0.2, 0) is 26.1 Å². The van der Waals surface area contributed by atoms with Crippen molar-refractivity contribution in [2.75, 3.05) is 73.6 Å². The van der Waals surface area contributed by atoms with E-state index in [1.54, 1.807) is 14.7 Å². The molecule has 0 radical (unpaired) electrons. The number of rotatable bonds is 16. The monoisotopic (exact) mass is 1600 g/mol. The Morgan fingerprint density at radius 1 is 0.398 bits per heavy atom. The van der Waals surface area contributed by atoms with E-state index in [4.69, 9.17) is 87.0 Å². The number of aromatic nitrogens is 8. The van der Waals surface area contributed by atoms with Crippen molar-refractivity contribution in [3.8, 4) is 0 Å². The van der Waals surface area contributed by atoms with Gasteiger partial charge in [-0.3, -0.25) is 19.6 Å². The first-order valence-corrected chi connectivity index (χ1v) is 36.7. The predicted octanol–water partition coefficient (Wildman–Crippen LogP) is 19.2. The van der Waals surface area contributed by atoms with Crippen molar-refractivity contribution in [2.45, 2.75) is 102 Å². The molecule has 31 heteroatoms. The van der Waals surface area contributed by atoms with Gasteiger partial charge in [0.15, 0.2) is 5.65 Å². The minimum Gasteiger partial charge on any atom is -0.367 e. The molecule has 4 aliphatic heterocycles. The van der Waals surface area contributed by atoms with E-state index < -0.39 is 97.1 Å². The number of hydrogen-bond donors (Lipinski definition) is 4. The van der Waals surface area contributed by atoms with E-state index in [1.165, 1.54) is 30.9 Å². The maximum Gasteiger partial charge on any atom is 0.162 e. The van der Waals surface area contributed by atoms with Crippen LogP contribution in [0.2, 0.25) is 28.0 Å². The average molecular weight is 1600 g/mol. The molecule has 0 bridgehead atoms. The number of nitrogens with one attached hydrogen (secondary N) is 4.